The minimum Gasteiger partial charge on any atom is -0.633 e. The first-order chi connectivity index (χ1) is 6.78. The first-order valence-corrected chi connectivity index (χ1v) is 5.60. The lowest BCUT2D eigenvalue weighted by atomic mass is 9.97. The third-order valence-electron chi connectivity index (χ3n) is 3.72. The fraction of sp³-hybridized carbons (Fsp3) is 1.00. The molecular formula is C11H21NO3. The molecule has 2 aliphatic rings. The zero-order valence-electron chi connectivity index (χ0n) is 10.1. The van der Waals surface area contributed by atoms with E-state index in [4.69, 9.17) is 9.47 Å². The molecule has 2 aliphatic heterocycles. The van der Waals surface area contributed by atoms with Crippen LogP contribution in [0.4, 0.5) is 0 Å². The standard InChI is InChI=1S/C11H21NO3/c1-9(2)5-6-11(12(9)13)7-14-10(3,4)15-8-11/h12H,5-8H2,1-4H3. The number of nitrogens with one attached hydrogen (secondary N) is 1. The van der Waals surface area contributed by atoms with Gasteiger partial charge in [-0.3, -0.25) is 0 Å². The Kier molecular flexibility index (Phi) is 2.39. The lowest BCUT2D eigenvalue weighted by Crippen LogP contribution is -3.21. The van der Waals surface area contributed by atoms with Crippen LogP contribution in [0, 0.1) is 5.21 Å². The maximum Gasteiger partial charge on any atom is 0.163 e. The molecule has 1 unspecified atom stereocenters. The highest BCUT2D eigenvalue weighted by Crippen LogP contribution is 2.31. The normalized spacial score (nSPS) is 37.0. The Balaban J connectivity index is 2.11. The summed E-state index contributed by atoms with van der Waals surface area (Å²) in [5.41, 5.74) is -0.562. The molecule has 4 nitrogen and oxygen atoms in total. The molecule has 0 aromatic heterocycles. The highest BCUT2D eigenvalue weighted by atomic mass is 16.7. The molecule has 0 aliphatic carbocycles. The Bertz CT molecular complexity index is 253. The zero-order chi connectivity index (χ0) is 11.3. The molecule has 4 heteroatoms. The van der Waals surface area contributed by atoms with Crippen LogP contribution in [0.15, 0.2) is 0 Å². The quantitative estimate of drug-likeness (QED) is 0.597. The predicted octanol–water partition coefficient (Wildman–Crippen LogP) is 0.463. The fourth-order valence-electron chi connectivity index (χ4n) is 2.48. The van der Waals surface area contributed by atoms with Gasteiger partial charge < -0.3 is 19.7 Å². The Morgan fingerprint density at radius 3 is 1.93 bits per heavy atom. The summed E-state index contributed by atoms with van der Waals surface area (Å²) in [6.45, 7) is 8.85. The summed E-state index contributed by atoms with van der Waals surface area (Å²) in [5.74, 6) is -0.530. The summed E-state index contributed by atoms with van der Waals surface area (Å²) in [5, 5.41) is 12.6. The van der Waals surface area contributed by atoms with E-state index >= 15 is 0 Å². The predicted molar refractivity (Wildman–Crippen MR) is 56.4 cm³/mol. The molecule has 0 aromatic carbocycles. The van der Waals surface area contributed by atoms with Crippen molar-refractivity contribution >= 4 is 0 Å². The van der Waals surface area contributed by atoms with Crippen LogP contribution >= 0.6 is 0 Å². The highest BCUT2D eigenvalue weighted by molar-refractivity contribution is 4.93. The minimum atomic E-state index is -0.530. The molecule has 2 rings (SSSR count). The van der Waals surface area contributed by atoms with Gasteiger partial charge in [-0.05, 0) is 27.7 Å². The number of hydrogen-bond acceptors (Lipinski definition) is 3. The number of hydroxylamine groups is 2. The summed E-state index contributed by atoms with van der Waals surface area (Å²) in [7, 11) is 0. The van der Waals surface area contributed by atoms with Crippen LogP contribution in [0.25, 0.3) is 0 Å². The van der Waals surface area contributed by atoms with Crippen LogP contribution in [0.2, 0.25) is 0 Å². The van der Waals surface area contributed by atoms with Crippen molar-refractivity contribution in [3.8, 4) is 0 Å². The van der Waals surface area contributed by atoms with Crippen molar-refractivity contribution in [1.82, 2.24) is 0 Å². The van der Waals surface area contributed by atoms with Gasteiger partial charge in [0.05, 0.1) is 5.54 Å². The van der Waals surface area contributed by atoms with Crippen molar-refractivity contribution in [2.75, 3.05) is 13.2 Å². The molecule has 1 atom stereocenters. The average Bonchev–Trinajstić information content (AvgIpc) is 2.36. The van der Waals surface area contributed by atoms with Crippen molar-refractivity contribution in [3.05, 3.63) is 5.21 Å². The molecule has 88 valence electrons. The van der Waals surface area contributed by atoms with Crippen LogP contribution in [0.3, 0.4) is 0 Å². The second-order valence-electron chi connectivity index (χ2n) is 5.97. The van der Waals surface area contributed by atoms with E-state index in [2.05, 4.69) is 0 Å². The Hall–Kier alpha value is -0.160. The van der Waals surface area contributed by atoms with Gasteiger partial charge in [0, 0.05) is 12.8 Å². The molecular weight excluding hydrogens is 194 g/mol. The lowest BCUT2D eigenvalue weighted by Gasteiger charge is -2.48. The van der Waals surface area contributed by atoms with Crippen LogP contribution in [-0.2, 0) is 9.47 Å². The van der Waals surface area contributed by atoms with Crippen LogP contribution in [0.1, 0.15) is 40.5 Å². The van der Waals surface area contributed by atoms with Crippen LogP contribution in [0.5, 0.6) is 0 Å². The third kappa shape index (κ3) is 1.80. The second kappa shape index (κ2) is 3.17. The van der Waals surface area contributed by atoms with Crippen molar-refractivity contribution in [3.63, 3.8) is 0 Å². The summed E-state index contributed by atoms with van der Waals surface area (Å²) >= 11 is 0. The number of ether oxygens (including phenoxy) is 2. The van der Waals surface area contributed by atoms with Crippen molar-refractivity contribution in [1.29, 1.82) is 0 Å². The van der Waals surface area contributed by atoms with E-state index in [1.165, 1.54) is 0 Å². The van der Waals surface area contributed by atoms with Gasteiger partial charge in [-0.2, -0.15) is 0 Å². The zero-order valence-corrected chi connectivity index (χ0v) is 10.1. The van der Waals surface area contributed by atoms with E-state index in [0.29, 0.717) is 18.3 Å². The smallest absolute Gasteiger partial charge is 0.163 e. The third-order valence-corrected chi connectivity index (χ3v) is 3.72. The molecule has 1 N–H and O–H groups in total. The van der Waals surface area contributed by atoms with E-state index in [0.717, 1.165) is 12.8 Å². The van der Waals surface area contributed by atoms with E-state index in [1.807, 2.05) is 27.7 Å². The second-order valence-corrected chi connectivity index (χ2v) is 5.97. The largest absolute Gasteiger partial charge is 0.633 e. The maximum absolute atomic E-state index is 12.3. The molecule has 2 saturated heterocycles. The van der Waals surface area contributed by atoms with Gasteiger partial charge in [0.1, 0.15) is 18.8 Å². The summed E-state index contributed by atoms with van der Waals surface area (Å²) in [4.78, 5) is 0. The highest BCUT2D eigenvalue weighted by Gasteiger charge is 2.54. The van der Waals surface area contributed by atoms with Gasteiger partial charge in [0.15, 0.2) is 5.79 Å². The molecule has 0 aromatic rings. The van der Waals surface area contributed by atoms with Gasteiger partial charge in [-0.15, -0.1) is 0 Å². The first kappa shape index (κ1) is 11.3. The molecule has 0 radical (unpaired) electrons. The van der Waals surface area contributed by atoms with Crippen molar-refractivity contribution in [2.45, 2.75) is 57.4 Å². The lowest BCUT2D eigenvalue weighted by molar-refractivity contribution is -0.941. The molecule has 15 heavy (non-hydrogen) atoms. The van der Waals surface area contributed by atoms with Crippen LogP contribution in [-0.4, -0.2) is 30.1 Å². The molecule has 0 bridgehead atoms. The van der Waals surface area contributed by atoms with E-state index in [9.17, 15) is 5.21 Å². The Labute approximate surface area is 91.1 Å². The van der Waals surface area contributed by atoms with Gasteiger partial charge in [-0.1, -0.05) is 0 Å². The molecule has 0 amide bonds. The van der Waals surface area contributed by atoms with Crippen molar-refractivity contribution in [2.24, 2.45) is 0 Å². The topological polar surface area (TPSA) is 46.0 Å². The first-order valence-electron chi connectivity index (χ1n) is 5.60. The van der Waals surface area contributed by atoms with Gasteiger partial charge in [-0.25, -0.2) is 0 Å². The minimum absolute atomic E-state index is 0.200. The average molecular weight is 215 g/mol. The number of hydrogen-bond donors (Lipinski definition) is 1. The Morgan fingerprint density at radius 1 is 1.00 bits per heavy atom. The summed E-state index contributed by atoms with van der Waals surface area (Å²) < 4.78 is 11.2. The monoisotopic (exact) mass is 215 g/mol. The van der Waals surface area contributed by atoms with Gasteiger partial charge >= 0.3 is 0 Å². The number of quaternary nitrogens is 1. The Morgan fingerprint density at radius 2 is 1.53 bits per heavy atom. The fourth-order valence-corrected chi connectivity index (χ4v) is 2.48. The van der Waals surface area contributed by atoms with Crippen LogP contribution < -0.4 is 5.06 Å². The van der Waals surface area contributed by atoms with E-state index in [-0.39, 0.29) is 11.1 Å². The van der Waals surface area contributed by atoms with E-state index in [1.54, 1.807) is 0 Å². The van der Waals surface area contributed by atoms with Crippen molar-refractivity contribution < 1.29 is 14.5 Å². The van der Waals surface area contributed by atoms with Gasteiger partial charge in [0.2, 0.25) is 0 Å². The maximum atomic E-state index is 12.3. The molecule has 2 heterocycles. The molecule has 0 saturated carbocycles. The SMILES string of the molecule is CC1(C)OCC2(CCC(C)(C)[NH+]2[O-])CO1. The number of rotatable bonds is 0. The summed E-state index contributed by atoms with van der Waals surface area (Å²) in [6.07, 6.45) is 1.84. The summed E-state index contributed by atoms with van der Waals surface area (Å²) in [6, 6.07) is 0. The molecule has 2 fully saturated rings. The molecule has 1 spiro atoms. The van der Waals surface area contributed by atoms with E-state index < -0.39 is 5.79 Å². The van der Waals surface area contributed by atoms with Gasteiger partial charge in [0.25, 0.3) is 0 Å².